The van der Waals surface area contributed by atoms with Crippen molar-refractivity contribution in [2.75, 3.05) is 19.6 Å². The number of hydrogen-bond acceptors (Lipinski definition) is 4. The van der Waals surface area contributed by atoms with E-state index in [1.165, 1.54) is 30.8 Å². The Balaban J connectivity index is 1.56. The zero-order valence-electron chi connectivity index (χ0n) is 11.5. The van der Waals surface area contributed by atoms with E-state index in [4.69, 9.17) is 11.6 Å². The lowest BCUT2D eigenvalue weighted by atomic mass is 9.96. The second-order valence-electron chi connectivity index (χ2n) is 5.95. The molecule has 2 fully saturated rings. The first kappa shape index (κ1) is 13.5. The zero-order valence-corrected chi connectivity index (χ0v) is 13.1. The van der Waals surface area contributed by atoms with Gasteiger partial charge in [0.1, 0.15) is 5.15 Å². The van der Waals surface area contributed by atoms with Crippen LogP contribution in [0.5, 0.6) is 0 Å². The van der Waals surface area contributed by atoms with E-state index in [2.05, 4.69) is 15.2 Å². The number of rotatable bonds is 2. The summed E-state index contributed by atoms with van der Waals surface area (Å²) in [6, 6.07) is 2.19. The summed E-state index contributed by atoms with van der Waals surface area (Å²) in [6.45, 7) is 3.34. The van der Waals surface area contributed by atoms with E-state index in [9.17, 15) is 4.79 Å². The topological polar surface area (TPSA) is 45.2 Å². The molecule has 21 heavy (non-hydrogen) atoms. The summed E-state index contributed by atoms with van der Waals surface area (Å²) in [4.78, 5) is 19.1. The number of hydrogen-bond donors (Lipinski definition) is 1. The first-order valence-corrected chi connectivity index (χ1v) is 8.51. The standard InChI is InChI=1S/C15H16ClN3OS/c16-14-13-11(2-4-21-13)12(6-17-14)15(20)18-10-5-9-1-3-19(7-9)8-10/h2,4,6,9-10H,1,3,5,7-8H2,(H,18,20)/t9-,10-/m1/s1. The molecule has 0 saturated carbocycles. The van der Waals surface area contributed by atoms with Crippen molar-refractivity contribution < 1.29 is 4.79 Å². The van der Waals surface area contributed by atoms with Crippen molar-refractivity contribution in [3.8, 4) is 0 Å². The first-order chi connectivity index (χ1) is 10.2. The number of nitrogens with zero attached hydrogens (tertiary/aromatic N) is 2. The Bertz CT molecular complexity index is 689. The van der Waals surface area contributed by atoms with Crippen LogP contribution in [0.4, 0.5) is 0 Å². The summed E-state index contributed by atoms with van der Waals surface area (Å²) in [5.74, 6) is 0.712. The molecule has 4 rings (SSSR count). The maximum atomic E-state index is 12.6. The molecule has 3 atom stereocenters. The maximum Gasteiger partial charge on any atom is 0.253 e. The number of nitrogens with one attached hydrogen (secondary N) is 1. The number of piperidine rings is 1. The second kappa shape index (κ2) is 5.23. The average molecular weight is 322 g/mol. The van der Waals surface area contributed by atoms with E-state index in [0.717, 1.165) is 29.0 Å². The lowest BCUT2D eigenvalue weighted by Crippen LogP contribution is -2.47. The minimum Gasteiger partial charge on any atom is -0.348 e. The molecule has 2 saturated heterocycles. The highest BCUT2D eigenvalue weighted by molar-refractivity contribution is 7.17. The van der Waals surface area contributed by atoms with Crippen LogP contribution in [0.2, 0.25) is 5.15 Å². The van der Waals surface area contributed by atoms with Crippen LogP contribution in [-0.4, -0.2) is 41.5 Å². The SMILES string of the molecule is O=C(N[C@@H]1C[C@H]2CCN(C2)C1)c1cnc(Cl)c2sccc12. The van der Waals surface area contributed by atoms with Crippen LogP contribution in [0.3, 0.4) is 0 Å². The van der Waals surface area contributed by atoms with Gasteiger partial charge in [0, 0.05) is 30.7 Å². The first-order valence-electron chi connectivity index (χ1n) is 7.25. The lowest BCUT2D eigenvalue weighted by molar-refractivity contribution is 0.0911. The highest BCUT2D eigenvalue weighted by Gasteiger charge is 2.33. The third-order valence-corrected chi connectivity index (χ3v) is 5.82. The molecule has 2 aliphatic heterocycles. The van der Waals surface area contributed by atoms with Gasteiger partial charge in [-0.3, -0.25) is 4.79 Å². The van der Waals surface area contributed by atoms with Gasteiger partial charge in [0.15, 0.2) is 0 Å². The van der Waals surface area contributed by atoms with Crippen LogP contribution < -0.4 is 5.32 Å². The number of halogens is 1. The predicted octanol–water partition coefficient (Wildman–Crippen LogP) is 2.77. The molecule has 110 valence electrons. The van der Waals surface area contributed by atoms with Crippen molar-refractivity contribution >= 4 is 38.9 Å². The number of carbonyl (C=O) groups is 1. The molecule has 0 spiro atoms. The Morgan fingerprint density at radius 2 is 2.38 bits per heavy atom. The van der Waals surface area contributed by atoms with E-state index in [1.54, 1.807) is 6.20 Å². The highest BCUT2D eigenvalue weighted by Crippen LogP contribution is 2.30. The quantitative estimate of drug-likeness (QED) is 0.865. The predicted molar refractivity (Wildman–Crippen MR) is 85.0 cm³/mol. The van der Waals surface area contributed by atoms with Crippen LogP contribution in [-0.2, 0) is 0 Å². The minimum absolute atomic E-state index is 0.0323. The fourth-order valence-corrected chi connectivity index (χ4v) is 4.62. The number of thiophene rings is 1. The van der Waals surface area contributed by atoms with Crippen molar-refractivity contribution in [3.05, 3.63) is 28.4 Å². The van der Waals surface area contributed by atoms with Crippen LogP contribution in [0.25, 0.3) is 10.1 Å². The molecule has 0 aliphatic carbocycles. The smallest absolute Gasteiger partial charge is 0.253 e. The van der Waals surface area contributed by atoms with Gasteiger partial charge < -0.3 is 10.2 Å². The second-order valence-corrected chi connectivity index (χ2v) is 7.22. The summed E-state index contributed by atoms with van der Waals surface area (Å²) in [5, 5.41) is 6.49. The molecule has 2 aliphatic rings. The van der Waals surface area contributed by atoms with E-state index < -0.39 is 0 Å². The maximum absolute atomic E-state index is 12.6. The summed E-state index contributed by atoms with van der Waals surface area (Å²) in [7, 11) is 0. The van der Waals surface area contributed by atoms with Crippen LogP contribution in [0.15, 0.2) is 17.6 Å². The number of carbonyl (C=O) groups excluding carboxylic acids is 1. The Hall–Kier alpha value is -1.17. The molecular weight excluding hydrogens is 306 g/mol. The molecule has 1 unspecified atom stereocenters. The van der Waals surface area contributed by atoms with Gasteiger partial charge in [0.25, 0.3) is 5.91 Å². The molecule has 0 aromatic carbocycles. The van der Waals surface area contributed by atoms with Crippen LogP contribution in [0.1, 0.15) is 23.2 Å². The normalized spacial score (nSPS) is 28.0. The van der Waals surface area contributed by atoms with E-state index >= 15 is 0 Å². The number of aromatic nitrogens is 1. The molecule has 4 nitrogen and oxygen atoms in total. The average Bonchev–Trinajstić information content (AvgIpc) is 3.07. The number of amides is 1. The molecule has 4 heterocycles. The van der Waals surface area contributed by atoms with Gasteiger partial charge in [-0.05, 0) is 36.8 Å². The van der Waals surface area contributed by atoms with Gasteiger partial charge in [-0.15, -0.1) is 11.3 Å². The van der Waals surface area contributed by atoms with E-state index in [0.29, 0.717) is 10.7 Å². The summed E-state index contributed by atoms with van der Waals surface area (Å²) in [6.07, 6.45) is 3.95. The monoisotopic (exact) mass is 321 g/mol. The Morgan fingerprint density at radius 1 is 1.48 bits per heavy atom. The molecule has 2 bridgehead atoms. The van der Waals surface area contributed by atoms with E-state index in [1.807, 2.05) is 11.4 Å². The van der Waals surface area contributed by atoms with Gasteiger partial charge in [0.2, 0.25) is 0 Å². The molecule has 6 heteroatoms. The van der Waals surface area contributed by atoms with Crippen molar-refractivity contribution in [3.63, 3.8) is 0 Å². The molecule has 2 aromatic rings. The summed E-state index contributed by atoms with van der Waals surface area (Å²) < 4.78 is 0.886. The van der Waals surface area contributed by atoms with Gasteiger partial charge in [-0.25, -0.2) is 4.98 Å². The zero-order chi connectivity index (χ0) is 14.4. The van der Waals surface area contributed by atoms with Gasteiger partial charge >= 0.3 is 0 Å². The van der Waals surface area contributed by atoms with Crippen molar-refractivity contribution in [2.24, 2.45) is 5.92 Å². The third-order valence-electron chi connectivity index (χ3n) is 4.50. The molecule has 2 aromatic heterocycles. The fraction of sp³-hybridized carbons (Fsp3) is 0.467. The Kier molecular flexibility index (Phi) is 3.36. The summed E-state index contributed by atoms with van der Waals surface area (Å²) in [5.41, 5.74) is 0.628. The third kappa shape index (κ3) is 2.43. The van der Waals surface area contributed by atoms with Gasteiger partial charge in [-0.2, -0.15) is 0 Å². The minimum atomic E-state index is -0.0323. The van der Waals surface area contributed by atoms with Crippen molar-refractivity contribution in [1.82, 2.24) is 15.2 Å². The number of pyridine rings is 1. The summed E-state index contributed by atoms with van der Waals surface area (Å²) >= 11 is 7.59. The lowest BCUT2D eigenvalue weighted by Gasteiger charge is -2.30. The van der Waals surface area contributed by atoms with Crippen LogP contribution >= 0.6 is 22.9 Å². The molecule has 1 amide bonds. The largest absolute Gasteiger partial charge is 0.348 e. The van der Waals surface area contributed by atoms with Crippen molar-refractivity contribution in [2.45, 2.75) is 18.9 Å². The van der Waals surface area contributed by atoms with E-state index in [-0.39, 0.29) is 11.9 Å². The molecule has 0 radical (unpaired) electrons. The molecule has 1 N–H and O–H groups in total. The Morgan fingerprint density at radius 3 is 3.24 bits per heavy atom. The van der Waals surface area contributed by atoms with Crippen LogP contribution in [0, 0.1) is 5.92 Å². The molecular formula is C15H16ClN3OS. The number of fused-ring (bicyclic) bond motifs is 3. The van der Waals surface area contributed by atoms with Gasteiger partial charge in [0.05, 0.1) is 10.3 Å². The van der Waals surface area contributed by atoms with Gasteiger partial charge in [-0.1, -0.05) is 11.6 Å². The Labute approximate surface area is 132 Å². The fourth-order valence-electron chi connectivity index (χ4n) is 3.54. The van der Waals surface area contributed by atoms with Crippen molar-refractivity contribution in [1.29, 1.82) is 0 Å². The highest BCUT2D eigenvalue weighted by atomic mass is 35.5.